The number of rotatable bonds is 5. The summed E-state index contributed by atoms with van der Waals surface area (Å²) < 4.78 is 27.1. The Kier molecular flexibility index (Phi) is 4.73. The standard InChI is InChI=1S/C10H23N3O2S/c1-4-13(16(14,15)12(2)3)10-7-5-6-9(10)8-11/h9-10H,4-8,11H2,1-3H3. The minimum absolute atomic E-state index is 0.0856. The van der Waals surface area contributed by atoms with Gasteiger partial charge in [0.25, 0.3) is 10.2 Å². The van der Waals surface area contributed by atoms with Gasteiger partial charge in [-0.15, -0.1) is 0 Å². The summed E-state index contributed by atoms with van der Waals surface area (Å²) in [5, 5.41) is 0. The lowest BCUT2D eigenvalue weighted by molar-refractivity contribution is 0.262. The average molecular weight is 249 g/mol. The molecule has 2 N–H and O–H groups in total. The molecule has 0 radical (unpaired) electrons. The third-order valence-corrected chi connectivity index (χ3v) is 5.41. The van der Waals surface area contributed by atoms with E-state index in [0.717, 1.165) is 19.3 Å². The summed E-state index contributed by atoms with van der Waals surface area (Å²) in [5.41, 5.74) is 5.70. The molecule has 1 aliphatic carbocycles. The number of nitrogens with zero attached hydrogens (tertiary/aromatic N) is 2. The van der Waals surface area contributed by atoms with Gasteiger partial charge in [-0.3, -0.25) is 0 Å². The molecule has 96 valence electrons. The van der Waals surface area contributed by atoms with Crippen LogP contribution in [0.1, 0.15) is 26.2 Å². The maximum Gasteiger partial charge on any atom is 0.281 e. The Morgan fingerprint density at radius 3 is 2.38 bits per heavy atom. The van der Waals surface area contributed by atoms with Crippen molar-refractivity contribution in [2.24, 2.45) is 11.7 Å². The van der Waals surface area contributed by atoms with Gasteiger partial charge >= 0.3 is 0 Å². The highest BCUT2D eigenvalue weighted by Gasteiger charge is 2.37. The van der Waals surface area contributed by atoms with Crippen molar-refractivity contribution in [3.8, 4) is 0 Å². The van der Waals surface area contributed by atoms with E-state index in [1.165, 1.54) is 4.31 Å². The monoisotopic (exact) mass is 249 g/mol. The Morgan fingerprint density at radius 1 is 1.31 bits per heavy atom. The molecule has 0 amide bonds. The van der Waals surface area contributed by atoms with Crippen molar-refractivity contribution in [3.05, 3.63) is 0 Å². The first-order valence-corrected chi connectivity index (χ1v) is 7.24. The lowest BCUT2D eigenvalue weighted by atomic mass is 10.0. The topological polar surface area (TPSA) is 66.6 Å². The SMILES string of the molecule is CCN(C1CCCC1CN)S(=O)(=O)N(C)C. The molecule has 1 aliphatic rings. The highest BCUT2D eigenvalue weighted by molar-refractivity contribution is 7.86. The van der Waals surface area contributed by atoms with E-state index in [1.54, 1.807) is 18.4 Å². The van der Waals surface area contributed by atoms with Crippen molar-refractivity contribution < 1.29 is 8.42 Å². The highest BCUT2D eigenvalue weighted by atomic mass is 32.2. The van der Waals surface area contributed by atoms with Gasteiger partial charge in [0.15, 0.2) is 0 Å². The summed E-state index contributed by atoms with van der Waals surface area (Å²) in [6.07, 6.45) is 3.05. The molecule has 0 aromatic heterocycles. The molecular formula is C10H23N3O2S. The van der Waals surface area contributed by atoms with E-state index in [1.807, 2.05) is 6.92 Å². The summed E-state index contributed by atoms with van der Waals surface area (Å²) in [4.78, 5) is 0. The fraction of sp³-hybridized carbons (Fsp3) is 1.00. The van der Waals surface area contributed by atoms with E-state index in [4.69, 9.17) is 5.73 Å². The Labute approximate surface area is 98.8 Å². The highest BCUT2D eigenvalue weighted by Crippen LogP contribution is 2.31. The predicted octanol–water partition coefficient (Wildman–Crippen LogP) is 0.242. The summed E-state index contributed by atoms with van der Waals surface area (Å²) in [7, 11) is -0.157. The Hall–Kier alpha value is -0.170. The van der Waals surface area contributed by atoms with Gasteiger partial charge in [-0.05, 0) is 25.3 Å². The Morgan fingerprint density at radius 2 is 1.94 bits per heavy atom. The van der Waals surface area contributed by atoms with Crippen molar-refractivity contribution in [1.29, 1.82) is 0 Å². The number of nitrogens with two attached hydrogens (primary N) is 1. The molecule has 0 aromatic rings. The van der Waals surface area contributed by atoms with Crippen molar-refractivity contribution in [1.82, 2.24) is 8.61 Å². The molecule has 6 heteroatoms. The van der Waals surface area contributed by atoms with Crippen LogP contribution in [0, 0.1) is 5.92 Å². The van der Waals surface area contributed by atoms with E-state index >= 15 is 0 Å². The largest absolute Gasteiger partial charge is 0.330 e. The van der Waals surface area contributed by atoms with Gasteiger partial charge in [-0.2, -0.15) is 17.0 Å². The van der Waals surface area contributed by atoms with Crippen LogP contribution in [-0.2, 0) is 10.2 Å². The third kappa shape index (κ3) is 2.56. The zero-order valence-corrected chi connectivity index (χ0v) is 11.2. The van der Waals surface area contributed by atoms with E-state index in [2.05, 4.69) is 0 Å². The van der Waals surface area contributed by atoms with Crippen LogP contribution in [0.2, 0.25) is 0 Å². The number of hydrogen-bond acceptors (Lipinski definition) is 3. The molecule has 1 fully saturated rings. The lowest BCUT2D eigenvalue weighted by Crippen LogP contribution is -2.48. The van der Waals surface area contributed by atoms with Crippen LogP contribution in [0.5, 0.6) is 0 Å². The third-order valence-electron chi connectivity index (χ3n) is 3.36. The number of hydrogen-bond donors (Lipinski definition) is 1. The van der Waals surface area contributed by atoms with Gasteiger partial charge in [0.2, 0.25) is 0 Å². The van der Waals surface area contributed by atoms with Crippen LogP contribution < -0.4 is 5.73 Å². The van der Waals surface area contributed by atoms with Crippen molar-refractivity contribution in [2.75, 3.05) is 27.2 Å². The molecule has 2 atom stereocenters. The second-order valence-electron chi connectivity index (χ2n) is 4.49. The summed E-state index contributed by atoms with van der Waals surface area (Å²) in [5.74, 6) is 0.315. The minimum Gasteiger partial charge on any atom is -0.330 e. The quantitative estimate of drug-likeness (QED) is 0.759. The maximum absolute atomic E-state index is 12.1. The molecule has 16 heavy (non-hydrogen) atoms. The van der Waals surface area contributed by atoms with Crippen molar-refractivity contribution >= 4 is 10.2 Å². The first kappa shape index (κ1) is 13.9. The van der Waals surface area contributed by atoms with E-state index in [0.29, 0.717) is 19.0 Å². The van der Waals surface area contributed by atoms with E-state index in [9.17, 15) is 8.42 Å². The van der Waals surface area contributed by atoms with Gasteiger partial charge in [0, 0.05) is 26.7 Å². The van der Waals surface area contributed by atoms with Crippen LogP contribution >= 0.6 is 0 Å². The van der Waals surface area contributed by atoms with Crippen molar-refractivity contribution in [3.63, 3.8) is 0 Å². The molecule has 0 spiro atoms. The van der Waals surface area contributed by atoms with Gasteiger partial charge in [0.1, 0.15) is 0 Å². The van der Waals surface area contributed by atoms with Crippen LogP contribution in [0.25, 0.3) is 0 Å². The maximum atomic E-state index is 12.1. The van der Waals surface area contributed by atoms with Crippen LogP contribution in [0.4, 0.5) is 0 Å². The molecular weight excluding hydrogens is 226 g/mol. The zero-order chi connectivity index (χ0) is 12.3. The molecule has 1 saturated carbocycles. The molecule has 0 aliphatic heterocycles. The van der Waals surface area contributed by atoms with Gasteiger partial charge < -0.3 is 5.73 Å². The molecule has 0 bridgehead atoms. The molecule has 0 saturated heterocycles. The first-order valence-electron chi connectivity index (χ1n) is 5.84. The summed E-state index contributed by atoms with van der Waals surface area (Å²) in [6, 6.07) is 0.0856. The zero-order valence-electron chi connectivity index (χ0n) is 10.4. The van der Waals surface area contributed by atoms with E-state index in [-0.39, 0.29) is 6.04 Å². The van der Waals surface area contributed by atoms with E-state index < -0.39 is 10.2 Å². The van der Waals surface area contributed by atoms with Crippen LogP contribution in [0.15, 0.2) is 0 Å². The fourth-order valence-corrected chi connectivity index (χ4v) is 3.82. The second kappa shape index (κ2) is 5.44. The molecule has 5 nitrogen and oxygen atoms in total. The lowest BCUT2D eigenvalue weighted by Gasteiger charge is -2.32. The molecule has 2 unspecified atom stereocenters. The first-order chi connectivity index (χ1) is 7.45. The van der Waals surface area contributed by atoms with Gasteiger partial charge in [-0.1, -0.05) is 13.3 Å². The summed E-state index contributed by atoms with van der Waals surface area (Å²) in [6.45, 7) is 2.97. The normalized spacial score (nSPS) is 26.9. The van der Waals surface area contributed by atoms with Crippen LogP contribution in [0.3, 0.4) is 0 Å². The molecule has 0 aromatic carbocycles. The smallest absolute Gasteiger partial charge is 0.281 e. The van der Waals surface area contributed by atoms with Gasteiger partial charge in [0.05, 0.1) is 0 Å². The Balaban J connectivity index is 2.90. The average Bonchev–Trinajstić information content (AvgIpc) is 2.66. The Bertz CT molecular complexity index is 316. The summed E-state index contributed by atoms with van der Waals surface area (Å²) >= 11 is 0. The second-order valence-corrected chi connectivity index (χ2v) is 6.58. The minimum atomic E-state index is -3.30. The van der Waals surface area contributed by atoms with Crippen molar-refractivity contribution in [2.45, 2.75) is 32.2 Å². The fourth-order valence-electron chi connectivity index (χ4n) is 2.45. The predicted molar refractivity (Wildman–Crippen MR) is 65.2 cm³/mol. The molecule has 1 rings (SSSR count). The molecule has 0 heterocycles. The van der Waals surface area contributed by atoms with Gasteiger partial charge in [-0.25, -0.2) is 0 Å². The van der Waals surface area contributed by atoms with Crippen LogP contribution in [-0.4, -0.2) is 50.3 Å².